The van der Waals surface area contributed by atoms with Gasteiger partial charge in [0.05, 0.1) is 17.8 Å². The van der Waals surface area contributed by atoms with Gasteiger partial charge in [0.15, 0.2) is 0 Å². The Morgan fingerprint density at radius 3 is 2.62 bits per heavy atom. The Balaban J connectivity index is 1.31. The highest BCUT2D eigenvalue weighted by molar-refractivity contribution is 6.35. The van der Waals surface area contributed by atoms with Crippen molar-refractivity contribution in [2.75, 3.05) is 28.6 Å². The lowest BCUT2D eigenvalue weighted by molar-refractivity contribution is -0.110. The van der Waals surface area contributed by atoms with Gasteiger partial charge in [-0.2, -0.15) is 0 Å². The summed E-state index contributed by atoms with van der Waals surface area (Å²) in [5.41, 5.74) is 3.59. The molecular formula is C23H18FN5O3. The average Bonchev–Trinajstić information content (AvgIpc) is 3.49. The van der Waals surface area contributed by atoms with Gasteiger partial charge in [-0.3, -0.25) is 9.69 Å². The van der Waals surface area contributed by atoms with E-state index in [-0.39, 0.29) is 12.5 Å². The van der Waals surface area contributed by atoms with Gasteiger partial charge in [0.25, 0.3) is 5.91 Å². The van der Waals surface area contributed by atoms with Crippen LogP contribution in [0.25, 0.3) is 11.6 Å². The molecule has 3 aromatic rings. The van der Waals surface area contributed by atoms with E-state index in [2.05, 4.69) is 15.6 Å². The van der Waals surface area contributed by atoms with Gasteiger partial charge in [-0.1, -0.05) is 6.07 Å². The number of aromatic amines is 1. The van der Waals surface area contributed by atoms with Crippen LogP contribution in [0, 0.1) is 5.82 Å². The Kier molecular flexibility index (Phi) is 4.70. The van der Waals surface area contributed by atoms with Crippen molar-refractivity contribution >= 4 is 46.7 Å². The summed E-state index contributed by atoms with van der Waals surface area (Å²) in [6.07, 6.45) is 3.53. The minimum absolute atomic E-state index is 0.201. The number of halogens is 1. The van der Waals surface area contributed by atoms with Crippen LogP contribution in [-0.2, 0) is 4.79 Å². The number of hydrogen-bond acceptors (Lipinski definition) is 3. The molecule has 0 spiro atoms. The summed E-state index contributed by atoms with van der Waals surface area (Å²) in [5, 5.41) is 5.50. The molecular weight excluding hydrogens is 413 g/mol. The number of amides is 5. The van der Waals surface area contributed by atoms with Gasteiger partial charge in [0.1, 0.15) is 5.82 Å². The molecule has 2 aromatic carbocycles. The van der Waals surface area contributed by atoms with Crippen LogP contribution in [0.4, 0.5) is 31.0 Å². The minimum Gasteiger partial charge on any atom is -0.362 e. The molecule has 0 unspecified atom stereocenters. The molecule has 3 heterocycles. The molecule has 0 atom stereocenters. The second-order valence-corrected chi connectivity index (χ2v) is 7.39. The highest BCUT2D eigenvalue weighted by Gasteiger charge is 2.34. The second-order valence-electron chi connectivity index (χ2n) is 7.39. The molecule has 1 aromatic heterocycles. The molecule has 0 radical (unpaired) electrons. The number of nitrogens with zero attached hydrogens (tertiary/aromatic N) is 2. The van der Waals surface area contributed by atoms with Crippen molar-refractivity contribution in [1.82, 2.24) is 9.88 Å². The van der Waals surface area contributed by atoms with E-state index in [0.29, 0.717) is 29.2 Å². The Labute approximate surface area is 182 Å². The first kappa shape index (κ1) is 19.6. The maximum Gasteiger partial charge on any atom is 0.332 e. The summed E-state index contributed by atoms with van der Waals surface area (Å²) in [6, 6.07) is 13.2. The first-order valence-corrected chi connectivity index (χ1v) is 9.96. The number of aromatic nitrogens is 1. The lowest BCUT2D eigenvalue weighted by atomic mass is 10.1. The Morgan fingerprint density at radius 2 is 1.88 bits per heavy atom. The van der Waals surface area contributed by atoms with Crippen molar-refractivity contribution < 1.29 is 18.8 Å². The van der Waals surface area contributed by atoms with Crippen LogP contribution < -0.4 is 15.5 Å². The first-order chi connectivity index (χ1) is 15.5. The molecule has 1 saturated heterocycles. The van der Waals surface area contributed by atoms with Gasteiger partial charge in [0, 0.05) is 35.4 Å². The lowest BCUT2D eigenvalue weighted by Crippen LogP contribution is -2.39. The number of nitrogens with one attached hydrogen (secondary N) is 3. The molecule has 9 heteroatoms. The maximum absolute atomic E-state index is 13.1. The summed E-state index contributed by atoms with van der Waals surface area (Å²) in [4.78, 5) is 43.3. The summed E-state index contributed by atoms with van der Waals surface area (Å²) in [6.45, 7) is 0.512. The van der Waals surface area contributed by atoms with Gasteiger partial charge in [-0.15, -0.1) is 0 Å². The third kappa shape index (κ3) is 3.49. The molecule has 8 nitrogen and oxygen atoms in total. The van der Waals surface area contributed by atoms with Crippen molar-refractivity contribution in [2.24, 2.45) is 0 Å². The van der Waals surface area contributed by atoms with Crippen molar-refractivity contribution in [3.8, 4) is 0 Å². The Bertz CT molecular complexity index is 1250. The number of anilines is 3. The van der Waals surface area contributed by atoms with Gasteiger partial charge >= 0.3 is 12.1 Å². The number of fused-ring (bicyclic) bond motifs is 1. The van der Waals surface area contributed by atoms with Crippen LogP contribution in [0.2, 0.25) is 0 Å². The number of imide groups is 1. The Hall–Kier alpha value is -4.40. The smallest absolute Gasteiger partial charge is 0.332 e. The number of carbonyl (C=O) groups is 3. The van der Waals surface area contributed by atoms with Gasteiger partial charge in [0.2, 0.25) is 0 Å². The number of urea groups is 2. The van der Waals surface area contributed by atoms with Crippen LogP contribution in [0.1, 0.15) is 11.3 Å². The van der Waals surface area contributed by atoms with Crippen LogP contribution in [0.5, 0.6) is 0 Å². The van der Waals surface area contributed by atoms with Crippen molar-refractivity contribution in [2.45, 2.75) is 0 Å². The molecule has 0 saturated carbocycles. The van der Waals surface area contributed by atoms with Crippen molar-refractivity contribution in [1.29, 1.82) is 0 Å². The maximum atomic E-state index is 13.1. The molecule has 0 bridgehead atoms. The monoisotopic (exact) mass is 431 g/mol. The highest BCUT2D eigenvalue weighted by atomic mass is 19.1. The summed E-state index contributed by atoms with van der Waals surface area (Å²) in [7, 11) is 0. The molecule has 32 heavy (non-hydrogen) atoms. The first-order valence-electron chi connectivity index (χ1n) is 9.96. The minimum atomic E-state index is -0.578. The SMILES string of the molecule is O=C1Nc2cc(NC(=O)N3CCN(c4ccc(F)cc4)C3=O)ccc2C1=Cc1ccc[nH]1. The Morgan fingerprint density at radius 1 is 1.06 bits per heavy atom. The zero-order chi connectivity index (χ0) is 22.2. The fourth-order valence-electron chi connectivity index (χ4n) is 3.78. The van der Waals surface area contributed by atoms with Gasteiger partial charge in [-0.25, -0.2) is 18.9 Å². The van der Waals surface area contributed by atoms with Gasteiger partial charge in [-0.05, 0) is 54.6 Å². The number of hydrogen-bond donors (Lipinski definition) is 3. The summed E-state index contributed by atoms with van der Waals surface area (Å²) >= 11 is 0. The zero-order valence-electron chi connectivity index (χ0n) is 16.8. The van der Waals surface area contributed by atoms with E-state index in [1.54, 1.807) is 30.5 Å². The predicted molar refractivity (Wildman–Crippen MR) is 119 cm³/mol. The molecule has 5 amide bonds. The molecule has 2 aliphatic heterocycles. The third-order valence-corrected chi connectivity index (χ3v) is 5.37. The lowest BCUT2D eigenvalue weighted by Gasteiger charge is -2.18. The predicted octanol–water partition coefficient (Wildman–Crippen LogP) is 4.12. The molecule has 3 N–H and O–H groups in total. The average molecular weight is 431 g/mol. The molecule has 5 rings (SSSR count). The third-order valence-electron chi connectivity index (χ3n) is 5.37. The molecule has 1 fully saturated rings. The second kappa shape index (κ2) is 7.69. The number of carbonyl (C=O) groups excluding carboxylic acids is 3. The van der Waals surface area contributed by atoms with Crippen molar-refractivity contribution in [3.05, 3.63) is 77.9 Å². The van der Waals surface area contributed by atoms with E-state index in [0.717, 1.165) is 16.2 Å². The zero-order valence-corrected chi connectivity index (χ0v) is 16.8. The van der Waals surface area contributed by atoms with E-state index in [4.69, 9.17) is 0 Å². The molecule has 0 aliphatic carbocycles. The molecule has 160 valence electrons. The van der Waals surface area contributed by atoms with Gasteiger partial charge < -0.3 is 15.6 Å². The topological polar surface area (TPSA) is 97.5 Å². The van der Waals surface area contributed by atoms with Crippen LogP contribution >= 0.6 is 0 Å². The van der Waals surface area contributed by atoms with Crippen molar-refractivity contribution in [3.63, 3.8) is 0 Å². The largest absolute Gasteiger partial charge is 0.362 e. The number of H-pyrrole nitrogens is 1. The standard InChI is InChI=1S/C23H18FN5O3/c24-14-3-6-17(7-4-14)28-10-11-29(23(28)32)22(31)26-16-5-8-18-19(12-15-2-1-9-25-15)21(30)27-20(18)13-16/h1-9,12-13,25H,10-11H2,(H,26,31)(H,27,30). The van der Waals surface area contributed by atoms with Crippen LogP contribution in [0.15, 0.2) is 60.8 Å². The van der Waals surface area contributed by atoms with E-state index < -0.39 is 17.9 Å². The summed E-state index contributed by atoms with van der Waals surface area (Å²) < 4.78 is 13.1. The van der Waals surface area contributed by atoms with Crippen LogP contribution in [0.3, 0.4) is 0 Å². The van der Waals surface area contributed by atoms with E-state index >= 15 is 0 Å². The number of rotatable bonds is 3. The fraction of sp³-hybridized carbons (Fsp3) is 0.0870. The summed E-state index contributed by atoms with van der Waals surface area (Å²) in [5.74, 6) is -0.632. The van der Waals surface area contributed by atoms with E-state index in [1.165, 1.54) is 29.2 Å². The normalized spacial score (nSPS) is 16.5. The quantitative estimate of drug-likeness (QED) is 0.544. The highest BCUT2D eigenvalue weighted by Crippen LogP contribution is 2.35. The fourth-order valence-corrected chi connectivity index (χ4v) is 3.78. The molecule has 2 aliphatic rings. The van der Waals surface area contributed by atoms with Crippen LogP contribution in [-0.4, -0.2) is 40.9 Å². The van der Waals surface area contributed by atoms with E-state index in [1.807, 2.05) is 12.1 Å². The van der Waals surface area contributed by atoms with E-state index in [9.17, 15) is 18.8 Å². The number of benzene rings is 2.